The maximum Gasteiger partial charge on any atom is 0.251 e. The second-order valence-corrected chi connectivity index (χ2v) is 6.12. The third-order valence-electron chi connectivity index (χ3n) is 4.11. The summed E-state index contributed by atoms with van der Waals surface area (Å²) < 4.78 is 5.44. The first-order chi connectivity index (χ1) is 13.2. The van der Waals surface area contributed by atoms with Crippen LogP contribution in [0.15, 0.2) is 72.9 Å². The average Bonchev–Trinajstić information content (AvgIpc) is 2.70. The molecule has 0 aliphatic carbocycles. The van der Waals surface area contributed by atoms with Crippen molar-refractivity contribution in [2.45, 2.75) is 19.9 Å². The lowest BCUT2D eigenvalue weighted by Gasteiger charge is -2.15. The van der Waals surface area contributed by atoms with Crippen molar-refractivity contribution >= 4 is 17.4 Å². The Morgan fingerprint density at radius 2 is 1.81 bits per heavy atom. The minimum absolute atomic E-state index is 0.0746. The number of nitrogens with one attached hydrogen (secondary N) is 2. The number of nitrogens with zero attached hydrogens (tertiary/aromatic N) is 1. The summed E-state index contributed by atoms with van der Waals surface area (Å²) in [5.41, 5.74) is 2.50. The molecule has 0 bridgehead atoms. The van der Waals surface area contributed by atoms with Crippen LogP contribution in [0.4, 0.5) is 11.5 Å². The highest BCUT2D eigenvalue weighted by Crippen LogP contribution is 2.20. The number of carbonyl (C=O) groups excluding carboxylic acids is 1. The van der Waals surface area contributed by atoms with Gasteiger partial charge in [-0.25, -0.2) is 4.98 Å². The van der Waals surface area contributed by atoms with E-state index >= 15 is 0 Å². The summed E-state index contributed by atoms with van der Waals surface area (Å²) in [5, 5.41) is 6.22. The Hall–Kier alpha value is -3.34. The van der Waals surface area contributed by atoms with Gasteiger partial charge in [-0.3, -0.25) is 4.79 Å². The van der Waals surface area contributed by atoms with Gasteiger partial charge in [0.2, 0.25) is 0 Å². The SMILES string of the molecule is CCOc1ccc(Nc2cc(C(=O)NC(C)c3ccccc3)ccn2)cc1. The Bertz CT molecular complexity index is 880. The predicted molar refractivity (Wildman–Crippen MR) is 107 cm³/mol. The highest BCUT2D eigenvalue weighted by Gasteiger charge is 2.12. The first kappa shape index (κ1) is 18.5. The van der Waals surface area contributed by atoms with Crippen LogP contribution >= 0.6 is 0 Å². The van der Waals surface area contributed by atoms with Crippen molar-refractivity contribution in [3.63, 3.8) is 0 Å². The highest BCUT2D eigenvalue weighted by atomic mass is 16.5. The molecule has 1 atom stereocenters. The normalized spacial score (nSPS) is 11.5. The Morgan fingerprint density at radius 1 is 1.07 bits per heavy atom. The summed E-state index contributed by atoms with van der Waals surface area (Å²) >= 11 is 0. The zero-order valence-corrected chi connectivity index (χ0v) is 15.5. The predicted octanol–water partition coefficient (Wildman–Crippen LogP) is 4.71. The van der Waals surface area contributed by atoms with Crippen LogP contribution in [0.25, 0.3) is 0 Å². The van der Waals surface area contributed by atoms with Gasteiger partial charge in [-0.05, 0) is 55.8 Å². The van der Waals surface area contributed by atoms with E-state index < -0.39 is 0 Å². The van der Waals surface area contributed by atoms with Crippen molar-refractivity contribution in [3.8, 4) is 5.75 Å². The maximum absolute atomic E-state index is 12.6. The number of pyridine rings is 1. The van der Waals surface area contributed by atoms with Crippen LogP contribution in [-0.4, -0.2) is 17.5 Å². The monoisotopic (exact) mass is 361 g/mol. The molecule has 0 saturated carbocycles. The topological polar surface area (TPSA) is 63.2 Å². The van der Waals surface area contributed by atoms with Crippen molar-refractivity contribution in [2.75, 3.05) is 11.9 Å². The van der Waals surface area contributed by atoms with Gasteiger partial charge in [-0.15, -0.1) is 0 Å². The molecule has 0 fully saturated rings. The molecule has 1 amide bonds. The Labute approximate surface area is 159 Å². The molecule has 0 radical (unpaired) electrons. The number of benzene rings is 2. The van der Waals surface area contributed by atoms with Crippen LogP contribution in [0.2, 0.25) is 0 Å². The van der Waals surface area contributed by atoms with Gasteiger partial charge in [0.05, 0.1) is 12.6 Å². The zero-order valence-electron chi connectivity index (χ0n) is 15.5. The van der Waals surface area contributed by atoms with Gasteiger partial charge in [0.1, 0.15) is 11.6 Å². The molecule has 0 spiro atoms. The lowest BCUT2D eigenvalue weighted by atomic mass is 10.1. The second kappa shape index (κ2) is 8.85. The summed E-state index contributed by atoms with van der Waals surface area (Å²) in [6.45, 7) is 4.55. The molecule has 3 aromatic rings. The molecular weight excluding hydrogens is 338 g/mol. The lowest BCUT2D eigenvalue weighted by molar-refractivity contribution is 0.0940. The fraction of sp³-hybridized carbons (Fsp3) is 0.182. The lowest BCUT2D eigenvalue weighted by Crippen LogP contribution is -2.26. The van der Waals surface area contributed by atoms with E-state index in [2.05, 4.69) is 15.6 Å². The van der Waals surface area contributed by atoms with Crippen molar-refractivity contribution in [1.29, 1.82) is 0 Å². The molecule has 5 nitrogen and oxygen atoms in total. The smallest absolute Gasteiger partial charge is 0.251 e. The summed E-state index contributed by atoms with van der Waals surface area (Å²) in [6, 6.07) is 20.9. The first-order valence-corrected chi connectivity index (χ1v) is 8.97. The molecule has 5 heteroatoms. The molecule has 3 rings (SSSR count). The summed E-state index contributed by atoms with van der Waals surface area (Å²) in [5.74, 6) is 1.29. The number of aromatic nitrogens is 1. The van der Waals surface area contributed by atoms with E-state index in [-0.39, 0.29) is 11.9 Å². The fourth-order valence-corrected chi connectivity index (χ4v) is 2.69. The van der Waals surface area contributed by atoms with Gasteiger partial charge in [0.25, 0.3) is 5.91 Å². The van der Waals surface area contributed by atoms with Crippen molar-refractivity contribution in [1.82, 2.24) is 10.3 Å². The Morgan fingerprint density at radius 3 is 2.52 bits per heavy atom. The van der Waals surface area contributed by atoms with Crippen molar-refractivity contribution in [2.24, 2.45) is 0 Å². The third-order valence-corrected chi connectivity index (χ3v) is 4.11. The number of carbonyl (C=O) groups is 1. The standard InChI is InChI=1S/C22H23N3O2/c1-3-27-20-11-9-19(10-12-20)25-21-15-18(13-14-23-21)22(26)24-16(2)17-7-5-4-6-8-17/h4-16H,3H2,1-2H3,(H,23,25)(H,24,26). The largest absolute Gasteiger partial charge is 0.494 e. The molecule has 1 heterocycles. The van der Waals surface area contributed by atoms with Gasteiger partial charge in [-0.1, -0.05) is 30.3 Å². The summed E-state index contributed by atoms with van der Waals surface area (Å²) in [4.78, 5) is 16.9. The minimum Gasteiger partial charge on any atom is -0.494 e. The number of hydrogen-bond acceptors (Lipinski definition) is 4. The average molecular weight is 361 g/mol. The fourth-order valence-electron chi connectivity index (χ4n) is 2.69. The highest BCUT2D eigenvalue weighted by molar-refractivity contribution is 5.95. The van der Waals surface area contributed by atoms with Gasteiger partial charge in [0.15, 0.2) is 0 Å². The molecule has 1 unspecified atom stereocenters. The van der Waals surface area contributed by atoms with Crippen LogP contribution in [0.5, 0.6) is 5.75 Å². The minimum atomic E-state index is -0.136. The van der Waals surface area contributed by atoms with Gasteiger partial charge in [-0.2, -0.15) is 0 Å². The summed E-state index contributed by atoms with van der Waals surface area (Å²) in [7, 11) is 0. The molecule has 0 aliphatic heterocycles. The number of hydrogen-bond donors (Lipinski definition) is 2. The van der Waals surface area contributed by atoms with E-state index in [1.54, 1.807) is 18.3 Å². The number of rotatable bonds is 7. The van der Waals surface area contributed by atoms with Gasteiger partial charge < -0.3 is 15.4 Å². The van der Waals surface area contributed by atoms with E-state index in [1.807, 2.05) is 68.4 Å². The number of amides is 1. The van der Waals surface area contributed by atoms with E-state index in [4.69, 9.17) is 4.74 Å². The molecule has 27 heavy (non-hydrogen) atoms. The van der Waals surface area contributed by atoms with Crippen LogP contribution in [-0.2, 0) is 0 Å². The summed E-state index contributed by atoms with van der Waals surface area (Å²) in [6.07, 6.45) is 1.62. The van der Waals surface area contributed by atoms with E-state index in [9.17, 15) is 4.79 Å². The molecule has 1 aromatic heterocycles. The Balaban J connectivity index is 1.66. The van der Waals surface area contributed by atoms with Crippen LogP contribution in [0, 0.1) is 0 Å². The van der Waals surface area contributed by atoms with Crippen LogP contribution in [0.3, 0.4) is 0 Å². The van der Waals surface area contributed by atoms with Gasteiger partial charge >= 0.3 is 0 Å². The van der Waals surface area contributed by atoms with Crippen molar-refractivity contribution in [3.05, 3.63) is 84.1 Å². The van der Waals surface area contributed by atoms with Crippen LogP contribution in [0.1, 0.15) is 35.8 Å². The molecule has 0 aliphatic rings. The van der Waals surface area contributed by atoms with E-state index in [0.29, 0.717) is 18.0 Å². The molecular formula is C22H23N3O2. The first-order valence-electron chi connectivity index (χ1n) is 8.97. The Kier molecular flexibility index (Phi) is 6.05. The van der Waals surface area contributed by atoms with Crippen LogP contribution < -0.4 is 15.4 Å². The number of anilines is 2. The zero-order chi connectivity index (χ0) is 19.1. The molecule has 2 N–H and O–H groups in total. The molecule has 0 saturated heterocycles. The van der Waals surface area contributed by atoms with Crippen molar-refractivity contribution < 1.29 is 9.53 Å². The van der Waals surface area contributed by atoms with Gasteiger partial charge in [0, 0.05) is 17.4 Å². The van der Waals surface area contributed by atoms with E-state index in [0.717, 1.165) is 17.0 Å². The maximum atomic E-state index is 12.6. The molecule has 138 valence electrons. The molecule has 2 aromatic carbocycles. The van der Waals surface area contributed by atoms with E-state index in [1.165, 1.54) is 0 Å². The quantitative estimate of drug-likeness (QED) is 0.639. The third kappa shape index (κ3) is 5.07. The second-order valence-electron chi connectivity index (χ2n) is 6.12. The number of ether oxygens (including phenoxy) is 1.